The Kier molecular flexibility index (Phi) is 16.1. The van der Waals surface area contributed by atoms with Crippen LogP contribution < -0.4 is 16.0 Å². The Morgan fingerprint density at radius 2 is 1.58 bits per heavy atom. The zero-order valence-electron chi connectivity index (χ0n) is 30.7. The van der Waals surface area contributed by atoms with E-state index in [0.717, 1.165) is 39.5 Å². The molecule has 0 fully saturated rings. The molecule has 0 saturated heterocycles. The lowest BCUT2D eigenvalue weighted by atomic mass is 9.93. The van der Waals surface area contributed by atoms with Gasteiger partial charge in [-0.1, -0.05) is 94.8 Å². The minimum atomic E-state index is -1.05. The van der Waals surface area contributed by atoms with Crippen molar-refractivity contribution < 1.29 is 24.2 Å². The maximum atomic E-state index is 13.9. The number of nitrogens with one attached hydrogen (secondary N) is 3. The van der Waals surface area contributed by atoms with Crippen molar-refractivity contribution in [1.82, 2.24) is 30.2 Å². The Morgan fingerprint density at radius 1 is 0.904 bits per heavy atom. The Morgan fingerprint density at radius 3 is 2.19 bits per heavy atom. The van der Waals surface area contributed by atoms with Crippen LogP contribution in [0.5, 0.6) is 0 Å². The number of hydrogen-bond acceptors (Lipinski definition) is 9. The Bertz CT molecular complexity index is 1650. The van der Waals surface area contributed by atoms with Crippen LogP contribution in [0.15, 0.2) is 78.3 Å². The Balaban J connectivity index is 1.45. The highest BCUT2D eigenvalue weighted by atomic mass is 32.1. The monoisotopic (exact) mass is 748 g/mol. The maximum Gasteiger partial charge on any atom is 0.407 e. The van der Waals surface area contributed by atoms with Crippen LogP contribution in [-0.2, 0) is 41.9 Å². The third kappa shape index (κ3) is 13.3. The molecule has 2 aromatic heterocycles. The van der Waals surface area contributed by atoms with E-state index in [1.165, 1.54) is 16.4 Å². The normalized spacial score (nSPS) is 14.1. The largest absolute Gasteiger partial charge is 0.444 e. The Hall–Kier alpha value is -4.33. The molecule has 4 aromatic rings. The van der Waals surface area contributed by atoms with Gasteiger partial charge in [-0.2, -0.15) is 0 Å². The number of benzene rings is 2. The highest BCUT2D eigenvalue weighted by Crippen LogP contribution is 2.18. The molecule has 11 nitrogen and oxygen atoms in total. The fraction of sp³-hybridized carbons (Fsp3) is 0.462. The first kappa shape index (κ1) is 40.4. The SMILES string of the molecule is CCC(C)Cc1nc(CN(C)C(=O)N[C@H](C(=O)N[C@@H](Cc2ccccc2)C[C@H](O)[C@H](Cc2ccccc2)NC(=O)OCc2ccns2)C(C)C)cs1. The van der Waals surface area contributed by atoms with Crippen LogP contribution in [0.1, 0.15) is 67.2 Å². The fourth-order valence-corrected chi connectivity index (χ4v) is 7.13. The molecule has 0 spiro atoms. The first-order valence-electron chi connectivity index (χ1n) is 17.8. The quantitative estimate of drug-likeness (QED) is 0.0872. The molecule has 280 valence electrons. The predicted molar refractivity (Wildman–Crippen MR) is 206 cm³/mol. The summed E-state index contributed by atoms with van der Waals surface area (Å²) in [5.41, 5.74) is 2.71. The number of rotatable bonds is 19. The molecule has 0 bridgehead atoms. The average molecular weight is 749 g/mol. The first-order chi connectivity index (χ1) is 25.0. The number of aliphatic hydroxyl groups excluding tert-OH is 1. The van der Waals surface area contributed by atoms with E-state index in [1.807, 2.05) is 79.9 Å². The second-order valence-electron chi connectivity index (χ2n) is 13.7. The third-order valence-electron chi connectivity index (χ3n) is 8.89. The van der Waals surface area contributed by atoms with Gasteiger partial charge in [0.15, 0.2) is 0 Å². The van der Waals surface area contributed by atoms with Gasteiger partial charge < -0.3 is 30.7 Å². The molecule has 5 atom stereocenters. The highest BCUT2D eigenvalue weighted by Gasteiger charge is 2.31. The van der Waals surface area contributed by atoms with Gasteiger partial charge in [-0.3, -0.25) is 4.79 Å². The summed E-state index contributed by atoms with van der Waals surface area (Å²) in [6.45, 7) is 8.51. The number of amides is 4. The smallest absolute Gasteiger partial charge is 0.407 e. The number of aliphatic hydroxyl groups is 1. The van der Waals surface area contributed by atoms with Gasteiger partial charge in [0.1, 0.15) is 12.6 Å². The second kappa shape index (κ2) is 20.6. The third-order valence-corrected chi connectivity index (χ3v) is 10.5. The van der Waals surface area contributed by atoms with E-state index in [9.17, 15) is 19.5 Å². The average Bonchev–Trinajstić information content (AvgIpc) is 3.82. The maximum absolute atomic E-state index is 13.9. The Labute approximate surface area is 315 Å². The van der Waals surface area contributed by atoms with E-state index in [4.69, 9.17) is 9.72 Å². The van der Waals surface area contributed by atoms with E-state index in [1.54, 1.807) is 30.6 Å². The lowest BCUT2D eigenvalue weighted by molar-refractivity contribution is -0.124. The molecule has 0 aliphatic carbocycles. The van der Waals surface area contributed by atoms with Gasteiger partial charge in [0.05, 0.1) is 34.3 Å². The lowest BCUT2D eigenvalue weighted by Gasteiger charge is -2.30. The number of carbonyl (C=O) groups is 3. The molecule has 0 aliphatic heterocycles. The first-order valence-corrected chi connectivity index (χ1v) is 19.5. The molecule has 13 heteroatoms. The van der Waals surface area contributed by atoms with Crippen molar-refractivity contribution in [1.29, 1.82) is 0 Å². The minimum absolute atomic E-state index is 0.0674. The number of carbonyl (C=O) groups excluding carboxylic acids is 3. The highest BCUT2D eigenvalue weighted by molar-refractivity contribution is 7.09. The van der Waals surface area contributed by atoms with E-state index >= 15 is 0 Å². The van der Waals surface area contributed by atoms with E-state index in [0.29, 0.717) is 25.3 Å². The summed E-state index contributed by atoms with van der Waals surface area (Å²) < 4.78 is 9.47. The number of thiazole rings is 1. The van der Waals surface area contributed by atoms with Crippen molar-refractivity contribution in [3.8, 4) is 0 Å². The standard InChI is InChI=1S/C39H52N6O5S2/c1-6-27(4)19-35-41-31(25-51-35)23-45(5)38(48)44-36(26(2)3)37(47)42-30(20-28-13-9-7-10-14-28)22-34(46)33(21-29-15-11-8-12-16-29)43-39(49)50-24-32-17-18-40-52-32/h7-18,25-27,30,33-34,36,46H,6,19-24H2,1-5H3,(H,42,47)(H,43,49)(H,44,48)/t27?,30-,33-,34-,36-/m0/s1. The van der Waals surface area contributed by atoms with Crippen molar-refractivity contribution in [2.45, 2.75) is 97.2 Å². The molecule has 4 N–H and O–H groups in total. The molecule has 52 heavy (non-hydrogen) atoms. The number of ether oxygens (including phenoxy) is 1. The van der Waals surface area contributed by atoms with Crippen LogP contribution in [0.4, 0.5) is 9.59 Å². The predicted octanol–water partition coefficient (Wildman–Crippen LogP) is 6.37. The molecule has 2 aromatic carbocycles. The molecule has 0 radical (unpaired) electrons. The zero-order chi connectivity index (χ0) is 37.5. The molecule has 4 amide bonds. The summed E-state index contributed by atoms with van der Waals surface area (Å²) in [6, 6.07) is 18.6. The van der Waals surface area contributed by atoms with Crippen molar-refractivity contribution >= 4 is 40.9 Å². The number of alkyl carbamates (subject to hydrolysis) is 1. The van der Waals surface area contributed by atoms with Crippen molar-refractivity contribution in [2.75, 3.05) is 7.05 Å². The fourth-order valence-electron chi connectivity index (χ4n) is 5.69. The van der Waals surface area contributed by atoms with E-state index in [2.05, 4.69) is 34.2 Å². The lowest BCUT2D eigenvalue weighted by Crippen LogP contribution is -2.55. The van der Waals surface area contributed by atoms with Gasteiger partial charge in [0, 0.05) is 31.1 Å². The van der Waals surface area contributed by atoms with Crippen LogP contribution in [0, 0.1) is 11.8 Å². The molecule has 0 saturated carbocycles. The summed E-state index contributed by atoms with van der Waals surface area (Å²) in [7, 11) is 1.69. The molecular weight excluding hydrogens is 697 g/mol. The summed E-state index contributed by atoms with van der Waals surface area (Å²) in [5.74, 6) is -0.0352. The molecule has 1 unspecified atom stereocenters. The van der Waals surface area contributed by atoms with Crippen LogP contribution in [0.2, 0.25) is 0 Å². The van der Waals surface area contributed by atoms with Crippen molar-refractivity contribution in [3.63, 3.8) is 0 Å². The number of aromatic nitrogens is 2. The summed E-state index contributed by atoms with van der Waals surface area (Å²) in [6.07, 6.45) is 2.83. The minimum Gasteiger partial charge on any atom is -0.444 e. The van der Waals surface area contributed by atoms with Gasteiger partial charge in [0.25, 0.3) is 0 Å². The molecule has 4 rings (SSSR count). The van der Waals surface area contributed by atoms with Crippen molar-refractivity contribution in [2.24, 2.45) is 11.8 Å². The van der Waals surface area contributed by atoms with Gasteiger partial charge >= 0.3 is 12.1 Å². The van der Waals surface area contributed by atoms with Crippen molar-refractivity contribution in [3.05, 3.63) is 105 Å². The van der Waals surface area contributed by atoms with Crippen LogP contribution >= 0.6 is 22.9 Å². The number of nitrogens with zero attached hydrogens (tertiary/aromatic N) is 3. The molecule has 0 aliphatic rings. The summed E-state index contributed by atoms with van der Waals surface area (Å²) in [5, 5.41) is 23.6. The van der Waals surface area contributed by atoms with Crippen LogP contribution in [0.25, 0.3) is 0 Å². The van der Waals surface area contributed by atoms with Gasteiger partial charge in [0.2, 0.25) is 5.91 Å². The molecule has 2 heterocycles. The second-order valence-corrected chi connectivity index (χ2v) is 15.5. The van der Waals surface area contributed by atoms with Gasteiger partial charge in [-0.25, -0.2) is 18.9 Å². The summed E-state index contributed by atoms with van der Waals surface area (Å²) in [4.78, 5) is 47.2. The number of hydrogen-bond donors (Lipinski definition) is 4. The van der Waals surface area contributed by atoms with E-state index in [-0.39, 0.29) is 30.9 Å². The topological polar surface area (TPSA) is 146 Å². The van der Waals surface area contributed by atoms with Gasteiger partial charge in [-0.05, 0) is 59.8 Å². The summed E-state index contributed by atoms with van der Waals surface area (Å²) >= 11 is 2.85. The van der Waals surface area contributed by atoms with Gasteiger partial charge in [-0.15, -0.1) is 11.3 Å². The zero-order valence-corrected chi connectivity index (χ0v) is 32.3. The van der Waals surface area contributed by atoms with Crippen LogP contribution in [0.3, 0.4) is 0 Å². The number of urea groups is 1. The van der Waals surface area contributed by atoms with Crippen LogP contribution in [-0.4, -0.2) is 68.7 Å². The molecular formula is C39H52N6O5S2. The van der Waals surface area contributed by atoms with E-state index < -0.39 is 30.3 Å².